The van der Waals surface area contributed by atoms with Gasteiger partial charge in [0.05, 0.1) is 0 Å². The van der Waals surface area contributed by atoms with Crippen LogP contribution in [0, 0.1) is 0 Å². The molecule has 0 radical (unpaired) electrons. The zero-order valence-corrected chi connectivity index (χ0v) is 10.1. The molecular formula is C14H13NO3. The fraction of sp³-hybridized carbons (Fsp3) is 0.214. The molecule has 0 aliphatic carbocycles. The number of Topliss-reactive ketones (excluding diaryl/α,β-unsaturated/α-hetero) is 1. The minimum absolute atomic E-state index is 0.136. The lowest BCUT2D eigenvalue weighted by Gasteiger charge is -2.05. The van der Waals surface area contributed by atoms with Crippen LogP contribution in [0.5, 0.6) is 0 Å². The highest BCUT2D eigenvalue weighted by molar-refractivity contribution is 5.91. The predicted octanol–water partition coefficient (Wildman–Crippen LogP) is 1.91. The number of carbonyl (C=O) groups excluding carboxylic acids is 2. The van der Waals surface area contributed by atoms with E-state index < -0.39 is 5.97 Å². The molecule has 4 heteroatoms. The summed E-state index contributed by atoms with van der Waals surface area (Å²) in [5, 5.41) is 2.00. The summed E-state index contributed by atoms with van der Waals surface area (Å²) in [6.07, 6.45) is 3.66. The van der Waals surface area contributed by atoms with Crippen molar-refractivity contribution in [3.63, 3.8) is 0 Å². The molecule has 1 heterocycles. The van der Waals surface area contributed by atoms with Gasteiger partial charge in [0, 0.05) is 31.1 Å². The minimum Gasteiger partial charge on any atom is -0.458 e. The summed E-state index contributed by atoms with van der Waals surface area (Å²) in [5.41, 5.74) is 0.852. The number of fused-ring (bicyclic) bond motifs is 1. The zero-order valence-electron chi connectivity index (χ0n) is 10.1. The van der Waals surface area contributed by atoms with Crippen LogP contribution < -0.4 is 0 Å². The number of aromatic nitrogens is 1. The number of hydrogen-bond acceptors (Lipinski definition) is 4. The maximum Gasteiger partial charge on any atom is 0.303 e. The van der Waals surface area contributed by atoms with E-state index in [2.05, 4.69) is 9.72 Å². The minimum atomic E-state index is -0.445. The van der Waals surface area contributed by atoms with Gasteiger partial charge in [-0.2, -0.15) is 0 Å². The van der Waals surface area contributed by atoms with E-state index in [0.717, 1.165) is 16.3 Å². The van der Waals surface area contributed by atoms with E-state index in [1.807, 2.05) is 24.3 Å². The van der Waals surface area contributed by atoms with Gasteiger partial charge in [-0.15, -0.1) is 0 Å². The third-order valence-corrected chi connectivity index (χ3v) is 2.57. The number of ether oxygens (including phenoxy) is 1. The lowest BCUT2D eigenvalue weighted by molar-refractivity contribution is -0.145. The van der Waals surface area contributed by atoms with Crippen LogP contribution in [-0.2, 0) is 20.7 Å². The number of rotatable bonds is 4. The number of carbonyl (C=O) groups is 2. The van der Waals surface area contributed by atoms with Gasteiger partial charge in [-0.05, 0) is 10.9 Å². The van der Waals surface area contributed by atoms with Gasteiger partial charge in [-0.1, -0.05) is 24.3 Å². The first-order valence-electron chi connectivity index (χ1n) is 5.63. The Kier molecular flexibility index (Phi) is 3.67. The number of benzene rings is 1. The van der Waals surface area contributed by atoms with Crippen LogP contribution in [0.15, 0.2) is 36.7 Å². The SMILES string of the molecule is CC(=O)OCC(=O)Cc1cncc2ccccc12. The van der Waals surface area contributed by atoms with Crippen molar-refractivity contribution < 1.29 is 14.3 Å². The third kappa shape index (κ3) is 2.91. The maximum absolute atomic E-state index is 11.7. The number of esters is 1. The number of ketones is 1. The Hall–Kier alpha value is -2.23. The van der Waals surface area contributed by atoms with Crippen molar-refractivity contribution in [3.05, 3.63) is 42.2 Å². The summed E-state index contributed by atoms with van der Waals surface area (Å²) in [7, 11) is 0. The molecule has 0 aliphatic rings. The van der Waals surface area contributed by atoms with Crippen molar-refractivity contribution in [2.24, 2.45) is 0 Å². The van der Waals surface area contributed by atoms with E-state index in [9.17, 15) is 9.59 Å². The zero-order chi connectivity index (χ0) is 13.0. The van der Waals surface area contributed by atoms with Crippen LogP contribution in [0.1, 0.15) is 12.5 Å². The highest BCUT2D eigenvalue weighted by atomic mass is 16.5. The number of nitrogens with zero attached hydrogens (tertiary/aromatic N) is 1. The van der Waals surface area contributed by atoms with Crippen molar-refractivity contribution in [3.8, 4) is 0 Å². The molecule has 0 fully saturated rings. The second-order valence-corrected chi connectivity index (χ2v) is 4.02. The average molecular weight is 243 g/mol. The molecular weight excluding hydrogens is 230 g/mol. The Labute approximate surface area is 105 Å². The van der Waals surface area contributed by atoms with Gasteiger partial charge in [0.15, 0.2) is 5.78 Å². The molecule has 92 valence electrons. The highest BCUT2D eigenvalue weighted by Crippen LogP contribution is 2.17. The van der Waals surface area contributed by atoms with E-state index in [-0.39, 0.29) is 18.8 Å². The molecule has 2 rings (SSSR count). The van der Waals surface area contributed by atoms with Crippen molar-refractivity contribution in [2.75, 3.05) is 6.61 Å². The van der Waals surface area contributed by atoms with Crippen LogP contribution in [-0.4, -0.2) is 23.3 Å². The summed E-state index contributed by atoms with van der Waals surface area (Å²) in [6.45, 7) is 1.10. The molecule has 0 atom stereocenters. The topological polar surface area (TPSA) is 56.3 Å². The molecule has 4 nitrogen and oxygen atoms in total. The first-order valence-corrected chi connectivity index (χ1v) is 5.63. The predicted molar refractivity (Wildman–Crippen MR) is 67.1 cm³/mol. The summed E-state index contributed by atoms with van der Waals surface area (Å²) in [6, 6.07) is 7.74. The molecule has 0 bridgehead atoms. The Morgan fingerprint density at radius 3 is 2.78 bits per heavy atom. The molecule has 1 aromatic heterocycles. The van der Waals surface area contributed by atoms with Crippen LogP contribution in [0.25, 0.3) is 10.8 Å². The molecule has 0 amide bonds. The molecule has 1 aromatic carbocycles. The van der Waals surface area contributed by atoms with Gasteiger partial charge in [-0.3, -0.25) is 14.6 Å². The van der Waals surface area contributed by atoms with E-state index in [1.54, 1.807) is 12.4 Å². The summed E-state index contributed by atoms with van der Waals surface area (Å²) >= 11 is 0. The molecule has 0 N–H and O–H groups in total. The number of pyridine rings is 1. The summed E-state index contributed by atoms with van der Waals surface area (Å²) < 4.78 is 4.68. The highest BCUT2D eigenvalue weighted by Gasteiger charge is 2.08. The normalized spacial score (nSPS) is 10.3. The van der Waals surface area contributed by atoms with Gasteiger partial charge in [0.2, 0.25) is 0 Å². The molecule has 0 spiro atoms. The standard InChI is InChI=1S/C14H13NO3/c1-10(16)18-9-13(17)6-12-8-15-7-11-4-2-3-5-14(11)12/h2-5,7-8H,6,9H2,1H3. The van der Waals surface area contributed by atoms with E-state index in [1.165, 1.54) is 6.92 Å². The lowest BCUT2D eigenvalue weighted by Crippen LogP contribution is -2.14. The molecule has 2 aromatic rings. The summed E-state index contributed by atoms with van der Waals surface area (Å²) in [5.74, 6) is -0.581. The molecule has 0 saturated carbocycles. The van der Waals surface area contributed by atoms with E-state index in [4.69, 9.17) is 0 Å². The van der Waals surface area contributed by atoms with Crippen molar-refractivity contribution >= 4 is 22.5 Å². The summed E-state index contributed by atoms with van der Waals surface area (Å²) in [4.78, 5) is 26.4. The van der Waals surface area contributed by atoms with E-state index >= 15 is 0 Å². The molecule has 18 heavy (non-hydrogen) atoms. The van der Waals surface area contributed by atoms with Gasteiger partial charge < -0.3 is 4.74 Å². The fourth-order valence-corrected chi connectivity index (χ4v) is 1.77. The smallest absolute Gasteiger partial charge is 0.303 e. The average Bonchev–Trinajstić information content (AvgIpc) is 2.37. The first-order chi connectivity index (χ1) is 8.66. The van der Waals surface area contributed by atoms with Gasteiger partial charge >= 0.3 is 5.97 Å². The second kappa shape index (κ2) is 5.40. The maximum atomic E-state index is 11.7. The lowest BCUT2D eigenvalue weighted by atomic mass is 10.0. The molecule has 0 aliphatic heterocycles. The van der Waals surface area contributed by atoms with Crippen LogP contribution >= 0.6 is 0 Å². The van der Waals surface area contributed by atoms with Gasteiger partial charge in [0.1, 0.15) is 6.61 Å². The second-order valence-electron chi connectivity index (χ2n) is 4.02. The van der Waals surface area contributed by atoms with Crippen molar-refractivity contribution in [1.82, 2.24) is 4.98 Å². The Morgan fingerprint density at radius 2 is 2.00 bits per heavy atom. The monoisotopic (exact) mass is 243 g/mol. The Morgan fingerprint density at radius 1 is 1.22 bits per heavy atom. The third-order valence-electron chi connectivity index (χ3n) is 2.57. The van der Waals surface area contributed by atoms with Gasteiger partial charge in [0.25, 0.3) is 0 Å². The van der Waals surface area contributed by atoms with Crippen molar-refractivity contribution in [1.29, 1.82) is 0 Å². The Bertz CT molecular complexity index is 587. The first kappa shape index (κ1) is 12.2. The van der Waals surface area contributed by atoms with Crippen LogP contribution in [0.3, 0.4) is 0 Å². The van der Waals surface area contributed by atoms with Crippen LogP contribution in [0.4, 0.5) is 0 Å². The van der Waals surface area contributed by atoms with E-state index in [0.29, 0.717) is 0 Å². The fourth-order valence-electron chi connectivity index (χ4n) is 1.77. The van der Waals surface area contributed by atoms with Gasteiger partial charge in [-0.25, -0.2) is 0 Å². The quantitative estimate of drug-likeness (QED) is 0.770. The number of hydrogen-bond donors (Lipinski definition) is 0. The van der Waals surface area contributed by atoms with Crippen molar-refractivity contribution in [2.45, 2.75) is 13.3 Å². The molecule has 0 unspecified atom stereocenters. The Balaban J connectivity index is 2.16. The largest absolute Gasteiger partial charge is 0.458 e. The molecule has 0 saturated heterocycles. The van der Waals surface area contributed by atoms with Crippen LogP contribution in [0.2, 0.25) is 0 Å².